The van der Waals surface area contributed by atoms with E-state index in [2.05, 4.69) is 31.5 Å². The van der Waals surface area contributed by atoms with Gasteiger partial charge in [0, 0.05) is 55.9 Å². The van der Waals surface area contributed by atoms with E-state index in [4.69, 9.17) is 32.8 Å². The molecule has 0 amide bonds. The molecule has 4 aromatic rings. The van der Waals surface area contributed by atoms with Crippen molar-refractivity contribution < 1.29 is 4.74 Å². The Labute approximate surface area is 204 Å². The molecule has 4 rings (SSSR count). The number of nitrogens with zero attached hydrogens (tertiary/aromatic N) is 5. The average molecular weight is 480 g/mol. The van der Waals surface area contributed by atoms with Gasteiger partial charge < -0.3 is 30.6 Å². The van der Waals surface area contributed by atoms with Gasteiger partial charge in [0.2, 0.25) is 0 Å². The van der Waals surface area contributed by atoms with Crippen LogP contribution in [0.4, 0.5) is 17.1 Å². The van der Waals surface area contributed by atoms with E-state index < -0.39 is 0 Å². The maximum absolute atomic E-state index is 6.66. The Morgan fingerprint density at radius 1 is 1.09 bits per heavy atom. The molecule has 2 aromatic heterocycles. The SMILES string of the molecule is COc1cc(N(C)CCN(C)C)c(N)c(-c2ncc(Cl)c(-c3cn(C)c4ccccc34)n2)c1N. The van der Waals surface area contributed by atoms with Crippen molar-refractivity contribution in [3.63, 3.8) is 0 Å². The Hall–Kier alpha value is -3.49. The zero-order valence-corrected chi connectivity index (χ0v) is 20.9. The van der Waals surface area contributed by atoms with Crippen LogP contribution in [0.25, 0.3) is 33.5 Å². The van der Waals surface area contributed by atoms with Gasteiger partial charge >= 0.3 is 0 Å². The number of anilines is 3. The molecule has 178 valence electrons. The fourth-order valence-corrected chi connectivity index (χ4v) is 4.27. The highest BCUT2D eigenvalue weighted by molar-refractivity contribution is 6.33. The van der Waals surface area contributed by atoms with Crippen LogP contribution in [-0.4, -0.2) is 60.8 Å². The number of nitrogens with two attached hydrogens (primary N) is 2. The fourth-order valence-electron chi connectivity index (χ4n) is 4.08. The second-order valence-electron chi connectivity index (χ2n) is 8.59. The highest BCUT2D eigenvalue weighted by Gasteiger charge is 2.22. The molecule has 2 heterocycles. The molecule has 8 nitrogen and oxygen atoms in total. The van der Waals surface area contributed by atoms with Crippen LogP contribution < -0.4 is 21.1 Å². The van der Waals surface area contributed by atoms with Gasteiger partial charge in [-0.1, -0.05) is 29.8 Å². The number of fused-ring (bicyclic) bond motifs is 1. The molecule has 0 radical (unpaired) electrons. The number of hydrogen-bond donors (Lipinski definition) is 2. The lowest BCUT2D eigenvalue weighted by Gasteiger charge is -2.25. The number of para-hydroxylation sites is 1. The van der Waals surface area contributed by atoms with Gasteiger partial charge in [-0.25, -0.2) is 9.97 Å². The number of aryl methyl sites for hydroxylation is 1. The van der Waals surface area contributed by atoms with Crippen LogP contribution in [0.5, 0.6) is 5.75 Å². The zero-order chi connectivity index (χ0) is 24.6. The summed E-state index contributed by atoms with van der Waals surface area (Å²) in [6.07, 6.45) is 3.61. The molecule has 0 saturated carbocycles. The van der Waals surface area contributed by atoms with E-state index in [-0.39, 0.29) is 0 Å². The van der Waals surface area contributed by atoms with E-state index in [1.807, 2.05) is 52.6 Å². The number of ether oxygens (including phenoxy) is 1. The van der Waals surface area contributed by atoms with Crippen molar-refractivity contribution in [3.05, 3.63) is 47.7 Å². The summed E-state index contributed by atoms with van der Waals surface area (Å²) >= 11 is 6.58. The summed E-state index contributed by atoms with van der Waals surface area (Å²) in [6.45, 7) is 1.63. The second-order valence-corrected chi connectivity index (χ2v) is 8.99. The van der Waals surface area contributed by atoms with E-state index in [9.17, 15) is 0 Å². The Morgan fingerprint density at radius 2 is 1.82 bits per heavy atom. The van der Waals surface area contributed by atoms with Gasteiger partial charge in [-0.2, -0.15) is 0 Å². The number of halogens is 1. The van der Waals surface area contributed by atoms with Gasteiger partial charge in [0.15, 0.2) is 5.82 Å². The lowest BCUT2D eigenvalue weighted by molar-refractivity contribution is 0.414. The Balaban J connectivity index is 1.89. The van der Waals surface area contributed by atoms with Gasteiger partial charge in [-0.3, -0.25) is 0 Å². The van der Waals surface area contributed by atoms with E-state index in [0.717, 1.165) is 35.2 Å². The van der Waals surface area contributed by atoms with Crippen molar-refractivity contribution in [2.75, 3.05) is 57.7 Å². The number of benzene rings is 2. The number of hydrogen-bond acceptors (Lipinski definition) is 7. The van der Waals surface area contributed by atoms with Gasteiger partial charge in [-0.15, -0.1) is 0 Å². The summed E-state index contributed by atoms with van der Waals surface area (Å²) in [5.41, 5.74) is 18.0. The highest BCUT2D eigenvalue weighted by Crippen LogP contribution is 2.44. The molecular weight excluding hydrogens is 450 g/mol. The van der Waals surface area contributed by atoms with E-state index >= 15 is 0 Å². The predicted molar refractivity (Wildman–Crippen MR) is 142 cm³/mol. The van der Waals surface area contributed by atoms with Gasteiger partial charge in [0.05, 0.1) is 46.6 Å². The Bertz CT molecular complexity index is 1350. The van der Waals surface area contributed by atoms with Crippen LogP contribution in [0, 0.1) is 0 Å². The standard InChI is InChI=1S/C25H30ClN7O/c1-31(2)10-11-32(3)19-12-20(34-5)23(28)21(22(19)27)25-29-13-17(26)24(30-25)16-14-33(4)18-9-7-6-8-15(16)18/h6-9,12-14H,10-11,27-28H2,1-5H3. The summed E-state index contributed by atoms with van der Waals surface area (Å²) in [5, 5.41) is 1.50. The Morgan fingerprint density at radius 3 is 2.53 bits per heavy atom. The minimum atomic E-state index is 0.385. The molecule has 0 aliphatic heterocycles. The lowest BCUT2D eigenvalue weighted by Crippen LogP contribution is -2.29. The topological polar surface area (TPSA) is 98.5 Å². The van der Waals surface area contributed by atoms with Gasteiger partial charge in [-0.05, 0) is 20.2 Å². The third kappa shape index (κ3) is 4.22. The second kappa shape index (κ2) is 9.40. The van der Waals surface area contributed by atoms with Crippen LogP contribution >= 0.6 is 11.6 Å². The predicted octanol–water partition coefficient (Wildman–Crippen LogP) is 4.13. The maximum atomic E-state index is 6.66. The molecule has 0 bridgehead atoms. The first-order chi connectivity index (χ1) is 16.2. The van der Waals surface area contributed by atoms with Crippen LogP contribution in [0.2, 0.25) is 5.02 Å². The average Bonchev–Trinajstić information content (AvgIpc) is 3.15. The molecule has 0 fully saturated rings. The van der Waals surface area contributed by atoms with E-state index in [1.165, 1.54) is 0 Å². The number of rotatable bonds is 7. The largest absolute Gasteiger partial charge is 0.494 e. The first-order valence-electron chi connectivity index (χ1n) is 10.9. The number of nitrogen functional groups attached to an aromatic ring is 2. The summed E-state index contributed by atoms with van der Waals surface area (Å²) < 4.78 is 7.63. The quantitative estimate of drug-likeness (QED) is 0.384. The molecule has 0 saturated heterocycles. The molecule has 4 N–H and O–H groups in total. The minimum absolute atomic E-state index is 0.385. The molecule has 0 atom stereocenters. The molecule has 2 aromatic carbocycles. The summed E-state index contributed by atoms with van der Waals surface area (Å²) in [7, 11) is 9.62. The molecule has 9 heteroatoms. The van der Waals surface area contributed by atoms with Gasteiger partial charge in [0.1, 0.15) is 5.75 Å². The molecule has 34 heavy (non-hydrogen) atoms. The van der Waals surface area contributed by atoms with Crippen molar-refractivity contribution in [1.29, 1.82) is 0 Å². The Kier molecular flexibility index (Phi) is 6.54. The molecule has 0 spiro atoms. The van der Waals surface area contributed by atoms with Crippen LogP contribution in [-0.2, 0) is 7.05 Å². The first kappa shape index (κ1) is 23.7. The zero-order valence-electron chi connectivity index (χ0n) is 20.1. The number of likely N-dealkylation sites (N-methyl/N-ethyl adjacent to an activating group) is 2. The lowest BCUT2D eigenvalue weighted by atomic mass is 10.1. The summed E-state index contributed by atoms with van der Waals surface area (Å²) in [6, 6.07) is 9.96. The summed E-state index contributed by atoms with van der Waals surface area (Å²) in [5.74, 6) is 0.907. The third-order valence-corrected chi connectivity index (χ3v) is 6.26. The normalized spacial score (nSPS) is 11.4. The molecule has 0 aliphatic carbocycles. The van der Waals surface area contributed by atoms with E-state index in [1.54, 1.807) is 13.3 Å². The van der Waals surface area contributed by atoms with Crippen molar-refractivity contribution in [2.24, 2.45) is 7.05 Å². The third-order valence-electron chi connectivity index (χ3n) is 5.98. The smallest absolute Gasteiger partial charge is 0.164 e. The minimum Gasteiger partial charge on any atom is -0.494 e. The first-order valence-corrected chi connectivity index (χ1v) is 11.3. The number of aromatic nitrogens is 3. The maximum Gasteiger partial charge on any atom is 0.164 e. The fraction of sp³-hybridized carbons (Fsp3) is 0.280. The molecule has 0 aliphatic rings. The number of methoxy groups -OCH3 is 1. The van der Waals surface area contributed by atoms with E-state index in [0.29, 0.717) is 39.2 Å². The monoisotopic (exact) mass is 479 g/mol. The van der Waals surface area contributed by atoms with Crippen LogP contribution in [0.1, 0.15) is 0 Å². The molecule has 0 unspecified atom stereocenters. The molecular formula is C25H30ClN7O. The van der Waals surface area contributed by atoms with Crippen molar-refractivity contribution in [2.45, 2.75) is 0 Å². The van der Waals surface area contributed by atoms with Crippen molar-refractivity contribution in [3.8, 4) is 28.4 Å². The highest BCUT2D eigenvalue weighted by atomic mass is 35.5. The summed E-state index contributed by atoms with van der Waals surface area (Å²) in [4.78, 5) is 13.5. The van der Waals surface area contributed by atoms with Gasteiger partial charge in [0.25, 0.3) is 0 Å². The van der Waals surface area contributed by atoms with Crippen LogP contribution in [0.15, 0.2) is 42.7 Å². The van der Waals surface area contributed by atoms with Crippen molar-refractivity contribution in [1.82, 2.24) is 19.4 Å². The van der Waals surface area contributed by atoms with Crippen LogP contribution in [0.3, 0.4) is 0 Å². The van der Waals surface area contributed by atoms with Crippen molar-refractivity contribution >= 4 is 39.6 Å².